The number of hydrogen-bond acceptors (Lipinski definition) is 5. The predicted molar refractivity (Wildman–Crippen MR) is 100 cm³/mol. The van der Waals surface area contributed by atoms with E-state index in [0.29, 0.717) is 18.1 Å². The van der Waals surface area contributed by atoms with Gasteiger partial charge >= 0.3 is 5.69 Å². The zero-order valence-electron chi connectivity index (χ0n) is 14.8. The minimum atomic E-state index is -0.464. The number of carbonyl (C=O) groups is 1. The second kappa shape index (κ2) is 7.78. The van der Waals surface area contributed by atoms with Crippen LogP contribution in [0.3, 0.4) is 0 Å². The van der Waals surface area contributed by atoms with Gasteiger partial charge in [-0.1, -0.05) is 23.9 Å². The van der Waals surface area contributed by atoms with Gasteiger partial charge in [-0.25, -0.2) is 14.2 Å². The summed E-state index contributed by atoms with van der Waals surface area (Å²) in [5, 5.41) is 3.16. The summed E-state index contributed by atoms with van der Waals surface area (Å²) in [6, 6.07) is 6.11. The summed E-state index contributed by atoms with van der Waals surface area (Å²) >= 11 is 1.14. The normalized spacial score (nSPS) is 11.1. The number of nitrogens with zero attached hydrogens (tertiary/aromatic N) is 3. The van der Waals surface area contributed by atoms with E-state index >= 15 is 0 Å². The van der Waals surface area contributed by atoms with Crippen LogP contribution in [0.15, 0.2) is 39.0 Å². The average Bonchev–Trinajstić information content (AvgIpc) is 3.09. The standard InChI is InChI=1S/C17H18FN5O3S/c1-22-14-13(15(25)23(2)17(22)26)20-16(21-14)27-9-12(24)19-8-7-10-3-5-11(18)6-4-10/h3-6H,7-9H2,1-2H3,(H,19,24)(H,20,21). The Kier molecular flexibility index (Phi) is 5.45. The van der Waals surface area contributed by atoms with E-state index in [4.69, 9.17) is 0 Å². The van der Waals surface area contributed by atoms with Gasteiger partial charge < -0.3 is 10.3 Å². The van der Waals surface area contributed by atoms with Crippen LogP contribution in [0, 0.1) is 5.82 Å². The van der Waals surface area contributed by atoms with Gasteiger partial charge in [0, 0.05) is 20.6 Å². The Morgan fingerprint density at radius 1 is 1.22 bits per heavy atom. The van der Waals surface area contributed by atoms with Crippen molar-refractivity contribution in [2.45, 2.75) is 11.6 Å². The summed E-state index contributed by atoms with van der Waals surface area (Å²) in [5.41, 5.74) is 0.477. The smallest absolute Gasteiger partial charge is 0.332 e. The highest BCUT2D eigenvalue weighted by Gasteiger charge is 2.14. The molecule has 2 N–H and O–H groups in total. The monoisotopic (exact) mass is 391 g/mol. The zero-order chi connectivity index (χ0) is 19.6. The van der Waals surface area contributed by atoms with Crippen molar-refractivity contribution in [3.8, 4) is 0 Å². The Morgan fingerprint density at radius 2 is 1.93 bits per heavy atom. The third-order valence-corrected chi connectivity index (χ3v) is 4.94. The van der Waals surface area contributed by atoms with Crippen LogP contribution in [0.5, 0.6) is 0 Å². The Morgan fingerprint density at radius 3 is 2.63 bits per heavy atom. The first kappa shape index (κ1) is 18.9. The molecular formula is C17H18FN5O3S. The van der Waals surface area contributed by atoms with Crippen LogP contribution in [0.2, 0.25) is 0 Å². The second-order valence-corrected chi connectivity index (χ2v) is 6.93. The topological polar surface area (TPSA) is 102 Å². The molecule has 0 aliphatic carbocycles. The van der Waals surface area contributed by atoms with Gasteiger partial charge in [0.05, 0.1) is 5.75 Å². The van der Waals surface area contributed by atoms with E-state index in [-0.39, 0.29) is 28.6 Å². The lowest BCUT2D eigenvalue weighted by Gasteiger charge is -2.04. The highest BCUT2D eigenvalue weighted by Crippen LogP contribution is 2.16. The van der Waals surface area contributed by atoms with E-state index in [2.05, 4.69) is 15.3 Å². The van der Waals surface area contributed by atoms with E-state index in [1.807, 2.05) is 0 Å². The maximum Gasteiger partial charge on any atom is 0.332 e. The van der Waals surface area contributed by atoms with Crippen LogP contribution >= 0.6 is 11.8 Å². The van der Waals surface area contributed by atoms with Gasteiger partial charge in [-0.3, -0.25) is 18.7 Å². The van der Waals surface area contributed by atoms with Crippen molar-refractivity contribution in [1.82, 2.24) is 24.4 Å². The lowest BCUT2D eigenvalue weighted by Crippen LogP contribution is -2.36. The fourth-order valence-electron chi connectivity index (χ4n) is 2.56. The molecule has 3 aromatic rings. The lowest BCUT2D eigenvalue weighted by atomic mass is 10.1. The highest BCUT2D eigenvalue weighted by molar-refractivity contribution is 7.99. The second-order valence-electron chi connectivity index (χ2n) is 5.96. The molecule has 2 heterocycles. The SMILES string of the molecule is Cn1c(=O)c2[nH]c(SCC(=O)NCCc3ccc(F)cc3)nc2n(C)c1=O. The third kappa shape index (κ3) is 4.11. The van der Waals surface area contributed by atoms with Crippen molar-refractivity contribution in [2.24, 2.45) is 14.1 Å². The van der Waals surface area contributed by atoms with Gasteiger partial charge in [0.25, 0.3) is 5.56 Å². The molecule has 0 saturated carbocycles. The van der Waals surface area contributed by atoms with Gasteiger partial charge in [-0.2, -0.15) is 0 Å². The van der Waals surface area contributed by atoms with Crippen LogP contribution in [0.4, 0.5) is 4.39 Å². The number of halogens is 1. The summed E-state index contributed by atoms with van der Waals surface area (Å²) < 4.78 is 15.1. The number of nitrogens with one attached hydrogen (secondary N) is 2. The molecule has 3 rings (SSSR count). The number of rotatable bonds is 6. The molecule has 0 saturated heterocycles. The van der Waals surface area contributed by atoms with E-state index < -0.39 is 11.2 Å². The summed E-state index contributed by atoms with van der Waals surface area (Å²) in [4.78, 5) is 43.1. The average molecular weight is 391 g/mol. The number of fused-ring (bicyclic) bond motifs is 1. The number of aromatic nitrogens is 4. The quantitative estimate of drug-likeness (QED) is 0.598. The van der Waals surface area contributed by atoms with Crippen molar-refractivity contribution >= 4 is 28.8 Å². The first-order chi connectivity index (χ1) is 12.9. The van der Waals surface area contributed by atoms with Crippen LogP contribution in [-0.4, -0.2) is 37.3 Å². The predicted octanol–water partition coefficient (Wildman–Crippen LogP) is 0.550. The molecule has 0 bridgehead atoms. The molecule has 10 heteroatoms. The van der Waals surface area contributed by atoms with Crippen molar-refractivity contribution in [2.75, 3.05) is 12.3 Å². The van der Waals surface area contributed by atoms with Crippen molar-refractivity contribution < 1.29 is 9.18 Å². The van der Waals surface area contributed by atoms with Gasteiger partial charge in [0.1, 0.15) is 5.82 Å². The number of aryl methyl sites for hydroxylation is 1. The van der Waals surface area contributed by atoms with E-state index in [1.165, 1.54) is 30.8 Å². The molecule has 27 heavy (non-hydrogen) atoms. The summed E-state index contributed by atoms with van der Waals surface area (Å²) in [7, 11) is 2.92. The van der Waals surface area contributed by atoms with Crippen LogP contribution in [0.25, 0.3) is 11.2 Å². The molecular weight excluding hydrogens is 373 g/mol. The number of aromatic amines is 1. The van der Waals surface area contributed by atoms with Crippen LogP contribution in [0.1, 0.15) is 5.56 Å². The molecule has 0 spiro atoms. The lowest BCUT2D eigenvalue weighted by molar-refractivity contribution is -0.118. The summed E-state index contributed by atoms with van der Waals surface area (Å²) in [6.07, 6.45) is 0.597. The van der Waals surface area contributed by atoms with Gasteiger partial charge in [0.2, 0.25) is 5.91 Å². The number of hydrogen-bond donors (Lipinski definition) is 2. The Labute approximate surface area is 157 Å². The fraction of sp³-hybridized carbons (Fsp3) is 0.294. The minimum absolute atomic E-state index is 0.109. The van der Waals surface area contributed by atoms with Gasteiger partial charge in [0.15, 0.2) is 16.3 Å². The van der Waals surface area contributed by atoms with Crippen molar-refractivity contribution in [3.63, 3.8) is 0 Å². The molecule has 8 nitrogen and oxygen atoms in total. The van der Waals surface area contributed by atoms with Crippen LogP contribution < -0.4 is 16.6 Å². The molecule has 0 fully saturated rings. The maximum atomic E-state index is 12.8. The number of amides is 1. The molecule has 1 aromatic carbocycles. The van der Waals surface area contributed by atoms with Gasteiger partial charge in [-0.05, 0) is 24.1 Å². The molecule has 0 unspecified atom stereocenters. The van der Waals surface area contributed by atoms with Crippen molar-refractivity contribution in [3.05, 3.63) is 56.5 Å². The Balaban J connectivity index is 1.58. The number of thioether (sulfide) groups is 1. The largest absolute Gasteiger partial charge is 0.355 e. The summed E-state index contributed by atoms with van der Waals surface area (Å²) in [5.74, 6) is -0.376. The van der Waals surface area contributed by atoms with Crippen LogP contribution in [-0.2, 0) is 25.3 Å². The first-order valence-electron chi connectivity index (χ1n) is 8.16. The molecule has 0 aliphatic heterocycles. The number of H-pyrrole nitrogens is 1. The molecule has 0 atom stereocenters. The number of benzene rings is 1. The van der Waals surface area contributed by atoms with Crippen molar-refractivity contribution in [1.29, 1.82) is 0 Å². The molecule has 142 valence electrons. The molecule has 0 radical (unpaired) electrons. The Hall–Kier alpha value is -2.88. The van der Waals surface area contributed by atoms with E-state index in [9.17, 15) is 18.8 Å². The highest BCUT2D eigenvalue weighted by atomic mass is 32.2. The minimum Gasteiger partial charge on any atom is -0.355 e. The third-order valence-electron chi connectivity index (χ3n) is 4.06. The Bertz CT molecular complexity index is 1100. The number of imidazole rings is 1. The molecule has 2 aromatic heterocycles. The van der Waals surface area contributed by atoms with E-state index in [1.54, 1.807) is 12.1 Å². The summed E-state index contributed by atoms with van der Waals surface area (Å²) in [6.45, 7) is 0.431. The zero-order valence-corrected chi connectivity index (χ0v) is 15.6. The van der Waals surface area contributed by atoms with E-state index in [0.717, 1.165) is 21.9 Å². The van der Waals surface area contributed by atoms with Gasteiger partial charge in [-0.15, -0.1) is 0 Å². The first-order valence-corrected chi connectivity index (χ1v) is 9.15. The fourth-order valence-corrected chi connectivity index (χ4v) is 3.25. The number of carbonyl (C=O) groups excluding carboxylic acids is 1. The maximum absolute atomic E-state index is 12.8. The molecule has 0 aliphatic rings. The molecule has 1 amide bonds.